The molecule has 4 aliphatic rings. The second kappa shape index (κ2) is 7.12. The van der Waals surface area contributed by atoms with Crippen molar-refractivity contribution in [3.63, 3.8) is 0 Å². The lowest BCUT2D eigenvalue weighted by atomic mass is 9.75. The molecule has 0 spiro atoms. The minimum Gasteiger partial charge on any atom is -0.366 e. The molecule has 0 saturated carbocycles. The average molecular weight is 382 g/mol. The van der Waals surface area contributed by atoms with Crippen LogP contribution in [0.15, 0.2) is 0 Å². The summed E-state index contributed by atoms with van der Waals surface area (Å²) in [6.45, 7) is 13.7. The van der Waals surface area contributed by atoms with E-state index >= 15 is 0 Å². The van der Waals surface area contributed by atoms with Crippen LogP contribution in [-0.2, 0) is 9.53 Å². The van der Waals surface area contributed by atoms with E-state index in [0.717, 1.165) is 42.8 Å². The van der Waals surface area contributed by atoms with Gasteiger partial charge in [-0.1, -0.05) is 20.3 Å². The first-order valence-electron chi connectivity index (χ1n) is 10.8. The number of ether oxygens (including phenoxy) is 1. The summed E-state index contributed by atoms with van der Waals surface area (Å²) in [5, 5.41) is 0. The molecule has 2 bridgehead atoms. The fourth-order valence-corrected chi connectivity index (χ4v) is 7.01. The summed E-state index contributed by atoms with van der Waals surface area (Å²) in [6.07, 6.45) is 10.4. The van der Waals surface area contributed by atoms with E-state index in [2.05, 4.69) is 57.4 Å². The second-order valence-corrected chi connectivity index (χ2v) is 10.6. The fraction of sp³-hybridized carbons (Fsp3) is 0.909. The van der Waals surface area contributed by atoms with Crippen LogP contribution >= 0.6 is 9.39 Å². The molecule has 4 saturated heterocycles. The van der Waals surface area contributed by atoms with Crippen LogP contribution < -0.4 is 0 Å². The maximum Gasteiger partial charge on any atom is 0.151 e. The fourth-order valence-electron chi connectivity index (χ4n) is 6.40. The molecule has 4 rings (SSSR count). The molecule has 7 atom stereocenters. The van der Waals surface area contributed by atoms with Gasteiger partial charge < -0.3 is 15.4 Å². The van der Waals surface area contributed by atoms with Gasteiger partial charge in [0, 0.05) is 12.3 Å². The van der Waals surface area contributed by atoms with Crippen molar-refractivity contribution in [2.75, 3.05) is 0 Å². The number of quaternary nitrogens is 1. The average Bonchev–Trinajstić information content (AvgIpc) is 3.24. The number of carbonyl (C=O) groups is 1. The van der Waals surface area contributed by atoms with Crippen LogP contribution in [0, 0.1) is 18.3 Å². The van der Waals surface area contributed by atoms with Gasteiger partial charge in [0.05, 0.1) is 26.6 Å². The normalized spacial score (nSPS) is 50.3. The molecule has 26 heavy (non-hydrogen) atoms. The van der Waals surface area contributed by atoms with E-state index in [1.54, 1.807) is 0 Å². The van der Waals surface area contributed by atoms with Crippen molar-refractivity contribution in [1.29, 1.82) is 0 Å². The summed E-state index contributed by atoms with van der Waals surface area (Å²) >= 11 is 0. The van der Waals surface area contributed by atoms with Crippen LogP contribution in [-0.4, -0.2) is 39.4 Å². The number of nitrogens with zero attached hydrogens (tertiary/aromatic N) is 1. The number of unbranched alkanes of at least 4 members (excludes halogenated alkanes) is 2. The lowest BCUT2D eigenvalue weighted by Gasteiger charge is -2.64. The Morgan fingerprint density at radius 3 is 2.46 bits per heavy atom. The zero-order chi connectivity index (χ0) is 19.3. The first-order valence-corrected chi connectivity index (χ1v) is 11.4. The molecule has 0 aromatic rings. The highest BCUT2D eigenvalue weighted by atomic mass is 31.0. The molecule has 0 aromatic heterocycles. The Kier molecular flexibility index (Phi) is 5.68. The Balaban J connectivity index is 1.80. The molecule has 3 nitrogen and oxygen atoms in total. The SMILES string of the molecule is CC[CH-]CCC1(C)CC(CC2OC2(C)CCC)C(=O)C2C(C)[N+]1(P)C2C. The molecule has 0 aromatic carbocycles. The van der Waals surface area contributed by atoms with Gasteiger partial charge in [-0.3, -0.25) is 4.79 Å². The Hall–Kier alpha value is 0.0200. The number of rotatable bonds is 8. The van der Waals surface area contributed by atoms with Gasteiger partial charge in [0.15, 0.2) is 5.78 Å². The van der Waals surface area contributed by atoms with Crippen molar-refractivity contribution >= 4 is 15.2 Å². The lowest BCUT2D eigenvalue weighted by molar-refractivity contribution is -0.949. The maximum absolute atomic E-state index is 13.4. The highest BCUT2D eigenvalue weighted by Gasteiger charge is 2.69. The summed E-state index contributed by atoms with van der Waals surface area (Å²) in [4.78, 5) is 13.4. The maximum atomic E-state index is 13.4. The van der Waals surface area contributed by atoms with Crippen molar-refractivity contribution in [1.82, 2.24) is 0 Å². The van der Waals surface area contributed by atoms with Crippen molar-refractivity contribution < 1.29 is 13.8 Å². The van der Waals surface area contributed by atoms with E-state index in [1.165, 1.54) is 6.42 Å². The van der Waals surface area contributed by atoms with Crippen LogP contribution in [0.1, 0.15) is 86.5 Å². The van der Waals surface area contributed by atoms with Gasteiger partial charge in [0.2, 0.25) is 0 Å². The molecule has 0 N–H and O–H groups in total. The number of epoxide rings is 1. The van der Waals surface area contributed by atoms with Crippen LogP contribution in [0.4, 0.5) is 0 Å². The Morgan fingerprint density at radius 1 is 1.23 bits per heavy atom. The smallest absolute Gasteiger partial charge is 0.151 e. The molecular formula is C22H40NO2P. The lowest BCUT2D eigenvalue weighted by Crippen LogP contribution is -2.76. The monoisotopic (exact) mass is 381 g/mol. The third kappa shape index (κ3) is 3.01. The van der Waals surface area contributed by atoms with Gasteiger partial charge in [-0.05, 0) is 47.0 Å². The molecule has 0 aliphatic carbocycles. The zero-order valence-corrected chi connectivity index (χ0v) is 18.9. The largest absolute Gasteiger partial charge is 0.366 e. The summed E-state index contributed by atoms with van der Waals surface area (Å²) in [6, 6.07) is 0.836. The molecule has 7 unspecified atom stereocenters. The van der Waals surface area contributed by atoms with E-state index < -0.39 is 0 Å². The number of hydrogen-bond acceptors (Lipinski definition) is 2. The summed E-state index contributed by atoms with van der Waals surface area (Å²) < 4.78 is 7.06. The predicted octanol–water partition coefficient (Wildman–Crippen LogP) is 5.09. The molecular weight excluding hydrogens is 341 g/mol. The van der Waals surface area contributed by atoms with Gasteiger partial charge in [0.25, 0.3) is 0 Å². The quantitative estimate of drug-likeness (QED) is 0.254. The molecule has 4 heteroatoms. The van der Waals surface area contributed by atoms with Gasteiger partial charge >= 0.3 is 0 Å². The minimum absolute atomic E-state index is 0.0292. The second-order valence-electron chi connectivity index (χ2n) is 9.78. The van der Waals surface area contributed by atoms with Crippen LogP contribution in [0.5, 0.6) is 0 Å². The standard InChI is InChI=1S/C22H40NO2P/c1-7-9-10-12-21(5)14-17(13-18-22(6,25-18)11-8-2)20(24)19-15(3)23(21,26)16(19)4/h9,15-19H,7-8,10-14,26H2,1-6H3. The first kappa shape index (κ1) is 20.7. The third-order valence-electron chi connectivity index (χ3n) is 8.20. The molecule has 4 heterocycles. The first-order chi connectivity index (χ1) is 12.1. The minimum atomic E-state index is 0.0292. The predicted molar refractivity (Wildman–Crippen MR) is 111 cm³/mol. The highest BCUT2D eigenvalue weighted by Crippen LogP contribution is 2.59. The van der Waals surface area contributed by atoms with E-state index in [9.17, 15) is 4.79 Å². The number of fused-ring (bicyclic) bond motifs is 3. The topological polar surface area (TPSA) is 29.6 Å². The molecule has 0 amide bonds. The summed E-state index contributed by atoms with van der Waals surface area (Å²) in [5.41, 5.74) is 0.181. The number of hydrogen-bond donors (Lipinski definition) is 0. The number of carbonyl (C=O) groups excluding carboxylic acids is 1. The summed E-state index contributed by atoms with van der Waals surface area (Å²) in [5.74, 6) is 0.924. The highest BCUT2D eigenvalue weighted by molar-refractivity contribution is 7.09. The van der Waals surface area contributed by atoms with Gasteiger partial charge in [-0.15, -0.1) is 0 Å². The van der Waals surface area contributed by atoms with Crippen molar-refractivity contribution in [3.8, 4) is 0 Å². The number of Topliss-reactive ketones (excluding diaryl/α,β-unsaturated/α-hetero) is 1. The zero-order valence-electron chi connectivity index (χ0n) is 17.8. The molecule has 0 radical (unpaired) electrons. The molecule has 4 aliphatic heterocycles. The summed E-state index contributed by atoms with van der Waals surface area (Å²) in [7, 11) is 3.18. The van der Waals surface area contributed by atoms with Crippen molar-refractivity contribution in [2.24, 2.45) is 11.8 Å². The number of ketones is 1. The Morgan fingerprint density at radius 2 is 1.88 bits per heavy atom. The van der Waals surface area contributed by atoms with E-state index in [1.807, 2.05) is 0 Å². The van der Waals surface area contributed by atoms with Gasteiger partial charge in [0.1, 0.15) is 18.0 Å². The molecule has 4 fully saturated rings. The van der Waals surface area contributed by atoms with E-state index in [0.29, 0.717) is 17.9 Å². The molecule has 150 valence electrons. The van der Waals surface area contributed by atoms with Crippen molar-refractivity contribution in [3.05, 3.63) is 6.42 Å². The van der Waals surface area contributed by atoms with E-state index in [4.69, 9.17) is 4.74 Å². The van der Waals surface area contributed by atoms with E-state index in [-0.39, 0.29) is 29.1 Å². The Bertz CT molecular complexity index is 542. The third-order valence-corrected chi connectivity index (χ3v) is 9.76. The van der Waals surface area contributed by atoms with Gasteiger partial charge in [-0.25, -0.2) is 0 Å². The van der Waals surface area contributed by atoms with Crippen LogP contribution in [0.25, 0.3) is 0 Å². The van der Waals surface area contributed by atoms with Gasteiger partial charge in [-0.2, -0.15) is 12.8 Å². The Labute approximate surface area is 163 Å². The van der Waals surface area contributed by atoms with Crippen molar-refractivity contribution in [2.45, 2.75) is 116 Å². The van der Waals surface area contributed by atoms with Crippen LogP contribution in [0.3, 0.4) is 0 Å². The van der Waals surface area contributed by atoms with Crippen LogP contribution in [0.2, 0.25) is 0 Å².